The van der Waals surface area contributed by atoms with Crippen LogP contribution in [-0.4, -0.2) is 61.9 Å². The summed E-state index contributed by atoms with van der Waals surface area (Å²) in [5, 5.41) is 13.9. The van der Waals surface area contributed by atoms with Crippen molar-refractivity contribution < 1.29 is 67.2 Å². The van der Waals surface area contributed by atoms with Gasteiger partial charge in [-0.15, -0.1) is 0 Å². The second-order valence-corrected chi connectivity index (χ2v) is 0.283. The number of carbonyl (C=O) groups is 1. The zero-order valence-corrected chi connectivity index (χ0v) is 8.79. The Morgan fingerprint density at radius 3 is 1.50 bits per heavy atom. The van der Waals surface area contributed by atoms with Gasteiger partial charge in [0, 0.05) is 49.4 Å². The van der Waals surface area contributed by atoms with E-state index in [2.05, 4.69) is 0 Å². The van der Waals surface area contributed by atoms with Gasteiger partial charge in [0.05, 0.1) is 0 Å². The molecule has 3 nitrogen and oxygen atoms in total. The average Bonchev–Trinajstić information content (AvgIpc) is 0.811. The van der Waals surface area contributed by atoms with Gasteiger partial charge in [-0.25, -0.2) is 4.79 Å². The third kappa shape index (κ3) is 33.1. The Morgan fingerprint density at radius 1 is 1.50 bits per heavy atom. The van der Waals surface area contributed by atoms with Gasteiger partial charge >= 0.3 is 51.6 Å². The molecule has 0 saturated heterocycles. The number of carboxylic acid groups (broad SMARTS) is 2. The summed E-state index contributed by atoms with van der Waals surface area (Å²) in [6.07, 6.45) is -1.83. The van der Waals surface area contributed by atoms with Crippen molar-refractivity contribution in [1.29, 1.82) is 0 Å². The topological polar surface area (TPSA) is 57.5 Å². The van der Waals surface area contributed by atoms with Crippen LogP contribution in [0.3, 0.4) is 0 Å². The standard InChI is InChI=1S/CH2O3.Eu.Sr.2H/c2-1(3)4;;;;/h(H2,2,3,4);;;;/q;;+2;2*-1. The van der Waals surface area contributed by atoms with E-state index >= 15 is 0 Å². The minimum absolute atomic E-state index is 0. The molecule has 0 heterocycles. The molecule has 0 fully saturated rings. The Balaban J connectivity index is -0.00000000750. The number of hydrogen-bond donors (Lipinski definition) is 2. The molecule has 0 unspecified atom stereocenters. The molecule has 2 N–H and O–H groups in total. The minimum Gasteiger partial charge on any atom is -1.00 e. The predicted octanol–water partition coefficient (Wildman–Crippen LogP) is 0.0666. The SMILES string of the molecule is O=C(O)O.[Eu].[H-].[H-].[Sr+2]. The molecule has 6 heavy (non-hydrogen) atoms. The van der Waals surface area contributed by atoms with Crippen LogP contribution in [0.1, 0.15) is 2.85 Å². The zero-order valence-electron chi connectivity index (χ0n) is 4.89. The second-order valence-electron chi connectivity index (χ2n) is 0.283. The number of rotatable bonds is 0. The minimum atomic E-state index is -1.83. The van der Waals surface area contributed by atoms with E-state index < -0.39 is 6.16 Å². The molecule has 0 amide bonds. The molecule has 5 heteroatoms. The Hall–Kier alpha value is 2.33. The van der Waals surface area contributed by atoms with Crippen LogP contribution in [0.5, 0.6) is 0 Å². The fourth-order valence-corrected chi connectivity index (χ4v) is 0. The summed E-state index contributed by atoms with van der Waals surface area (Å²) in [7, 11) is 0. The predicted molar refractivity (Wildman–Crippen MR) is 18.6 cm³/mol. The molecule has 0 aromatic heterocycles. The third-order valence-electron chi connectivity index (χ3n) is 0. The molecule has 0 aliphatic rings. The zero-order chi connectivity index (χ0) is 3.58. The largest absolute Gasteiger partial charge is 2.00 e. The Labute approximate surface area is 116 Å². The summed E-state index contributed by atoms with van der Waals surface area (Å²) in [5.41, 5.74) is 0. The van der Waals surface area contributed by atoms with E-state index in [9.17, 15) is 0 Å². The van der Waals surface area contributed by atoms with Gasteiger partial charge in [0.2, 0.25) is 0 Å². The molecule has 0 bridgehead atoms. The van der Waals surface area contributed by atoms with Crippen LogP contribution < -0.4 is 0 Å². The quantitative estimate of drug-likeness (QED) is 0.623. The van der Waals surface area contributed by atoms with Crippen LogP contribution in [0.4, 0.5) is 4.79 Å². The van der Waals surface area contributed by atoms with Gasteiger partial charge in [-0.05, 0) is 0 Å². The summed E-state index contributed by atoms with van der Waals surface area (Å²) in [6, 6.07) is 0. The van der Waals surface area contributed by atoms with Gasteiger partial charge in [-0.2, -0.15) is 0 Å². The van der Waals surface area contributed by atoms with Crippen molar-refractivity contribution >= 4 is 51.6 Å². The van der Waals surface area contributed by atoms with Crippen molar-refractivity contribution in [2.75, 3.05) is 0 Å². The van der Waals surface area contributed by atoms with Gasteiger partial charge in [-0.3, -0.25) is 0 Å². The maximum Gasteiger partial charge on any atom is 2.00 e. The summed E-state index contributed by atoms with van der Waals surface area (Å²) >= 11 is 0. The average molecular weight is 304 g/mol. The van der Waals surface area contributed by atoms with E-state index in [1.54, 1.807) is 0 Å². The summed E-state index contributed by atoms with van der Waals surface area (Å²) in [4.78, 5) is 8.56. The van der Waals surface area contributed by atoms with Gasteiger partial charge in [0.15, 0.2) is 0 Å². The monoisotopic (exact) mass is 305 g/mol. The first-order valence-electron chi connectivity index (χ1n) is 0.651. The molecule has 0 aromatic rings. The fraction of sp³-hybridized carbons (Fsp3) is 0. The molecular formula is CH4EuO3Sr. The Morgan fingerprint density at radius 2 is 1.50 bits per heavy atom. The van der Waals surface area contributed by atoms with Crippen molar-refractivity contribution in [3.63, 3.8) is 0 Å². The van der Waals surface area contributed by atoms with Crippen LogP contribution in [0.15, 0.2) is 0 Å². The van der Waals surface area contributed by atoms with Crippen LogP contribution in [0.25, 0.3) is 0 Å². The molecule has 0 rings (SSSR count). The summed E-state index contributed by atoms with van der Waals surface area (Å²) < 4.78 is 0. The fourth-order valence-electron chi connectivity index (χ4n) is 0. The maximum atomic E-state index is 8.56. The second kappa shape index (κ2) is 10.3. The van der Waals surface area contributed by atoms with Crippen LogP contribution in [0.2, 0.25) is 0 Å². The molecule has 0 atom stereocenters. The smallest absolute Gasteiger partial charge is 1.00 e. The molecule has 0 aliphatic carbocycles. The first-order chi connectivity index (χ1) is 1.73. The van der Waals surface area contributed by atoms with E-state index in [1.165, 1.54) is 0 Å². The van der Waals surface area contributed by atoms with Crippen molar-refractivity contribution in [2.24, 2.45) is 0 Å². The van der Waals surface area contributed by atoms with Gasteiger partial charge < -0.3 is 13.1 Å². The van der Waals surface area contributed by atoms with E-state index in [4.69, 9.17) is 15.0 Å². The van der Waals surface area contributed by atoms with Gasteiger partial charge in [-0.1, -0.05) is 0 Å². The van der Waals surface area contributed by atoms with Crippen LogP contribution in [-0.2, 0) is 0 Å². The van der Waals surface area contributed by atoms with Crippen LogP contribution >= 0.6 is 0 Å². The third-order valence-corrected chi connectivity index (χ3v) is 0. The van der Waals surface area contributed by atoms with E-state index in [-0.39, 0.29) is 97.7 Å². The van der Waals surface area contributed by atoms with Crippen molar-refractivity contribution in [2.45, 2.75) is 0 Å². The molecule has 0 saturated carbocycles. The molecular weight excluding hydrogens is 300 g/mol. The molecule has 0 spiro atoms. The van der Waals surface area contributed by atoms with Crippen molar-refractivity contribution in [3.05, 3.63) is 0 Å². The Bertz CT molecular complexity index is 40.3. The van der Waals surface area contributed by atoms with E-state index in [0.717, 1.165) is 0 Å². The first-order valence-corrected chi connectivity index (χ1v) is 0.651. The van der Waals surface area contributed by atoms with Crippen LogP contribution in [0, 0.1) is 49.4 Å². The van der Waals surface area contributed by atoms with Gasteiger partial charge in [0.1, 0.15) is 0 Å². The molecule has 35 valence electrons. The van der Waals surface area contributed by atoms with Gasteiger partial charge in [0.25, 0.3) is 0 Å². The first kappa shape index (κ1) is 15.8. The van der Waals surface area contributed by atoms with Crippen molar-refractivity contribution in [3.8, 4) is 0 Å². The maximum absolute atomic E-state index is 8.56. The molecule has 1 radical (unpaired) electrons. The Kier molecular flexibility index (Phi) is 27.2. The van der Waals surface area contributed by atoms with E-state index in [0.29, 0.717) is 0 Å². The molecule has 0 aromatic carbocycles. The van der Waals surface area contributed by atoms with E-state index in [1.807, 2.05) is 0 Å². The number of hydrogen-bond acceptors (Lipinski definition) is 1. The summed E-state index contributed by atoms with van der Waals surface area (Å²) in [6.45, 7) is 0. The normalized spacial score (nSPS) is 4.00. The molecule has 0 aliphatic heterocycles. The van der Waals surface area contributed by atoms with Crippen molar-refractivity contribution in [1.82, 2.24) is 0 Å². The summed E-state index contributed by atoms with van der Waals surface area (Å²) in [5.74, 6) is 0.